The molecule has 0 amide bonds. The van der Waals surface area contributed by atoms with Gasteiger partial charge < -0.3 is 9.47 Å². The van der Waals surface area contributed by atoms with Crippen LogP contribution in [0, 0.1) is 0 Å². The molecule has 1 heterocycles. The molecule has 0 unspecified atom stereocenters. The second-order valence-electron chi connectivity index (χ2n) is 2.67. The first kappa shape index (κ1) is 9.32. The molecular weight excluding hydrogens is 158 g/mol. The summed E-state index contributed by atoms with van der Waals surface area (Å²) >= 11 is 0. The smallest absolute Gasteiger partial charge is 0.158 e. The third-order valence-electron chi connectivity index (χ3n) is 1.84. The average Bonchev–Trinajstić information content (AvgIpc) is 2.56. The maximum absolute atomic E-state index is 8.22. The second-order valence-corrected chi connectivity index (χ2v) is 2.67. The number of hydrogen-bond acceptors (Lipinski definition) is 3. The van der Waals surface area contributed by atoms with Crippen LogP contribution in [0.1, 0.15) is 19.8 Å². The van der Waals surface area contributed by atoms with Gasteiger partial charge in [0, 0.05) is 17.4 Å². The van der Waals surface area contributed by atoms with Gasteiger partial charge in [-0.25, -0.2) is 0 Å². The van der Waals surface area contributed by atoms with Gasteiger partial charge in [-0.3, -0.25) is 0 Å². The monoisotopic (exact) mass is 171 g/mol. The molecular formula is C7H13N3O2. The molecule has 0 aliphatic carbocycles. The van der Waals surface area contributed by atoms with Gasteiger partial charge in [0.15, 0.2) is 6.29 Å². The quantitative estimate of drug-likeness (QED) is 0.368. The first-order chi connectivity index (χ1) is 5.86. The summed E-state index contributed by atoms with van der Waals surface area (Å²) in [7, 11) is 0. The Morgan fingerprint density at radius 3 is 2.75 bits per heavy atom. The van der Waals surface area contributed by atoms with E-state index in [1.807, 2.05) is 6.92 Å². The Kier molecular flexibility index (Phi) is 3.87. The molecule has 0 saturated carbocycles. The molecule has 1 aliphatic rings. The number of nitrogens with zero attached hydrogens (tertiary/aromatic N) is 3. The van der Waals surface area contributed by atoms with E-state index in [9.17, 15) is 0 Å². The van der Waals surface area contributed by atoms with Crippen LogP contribution in [-0.2, 0) is 9.47 Å². The van der Waals surface area contributed by atoms with Gasteiger partial charge in [-0.1, -0.05) is 12.0 Å². The minimum Gasteiger partial charge on any atom is -0.350 e. The number of rotatable bonds is 4. The van der Waals surface area contributed by atoms with Crippen molar-refractivity contribution in [2.24, 2.45) is 5.11 Å². The van der Waals surface area contributed by atoms with Gasteiger partial charge >= 0.3 is 0 Å². The van der Waals surface area contributed by atoms with Crippen LogP contribution in [0.15, 0.2) is 5.11 Å². The molecule has 0 N–H and O–H groups in total. The van der Waals surface area contributed by atoms with Crippen molar-refractivity contribution in [2.45, 2.75) is 32.1 Å². The summed E-state index contributed by atoms with van der Waals surface area (Å²) in [5.74, 6) is 0. The van der Waals surface area contributed by atoms with E-state index in [4.69, 9.17) is 15.0 Å². The highest BCUT2D eigenvalue weighted by atomic mass is 16.7. The molecule has 0 spiro atoms. The Morgan fingerprint density at radius 1 is 1.58 bits per heavy atom. The van der Waals surface area contributed by atoms with Gasteiger partial charge in [0.05, 0.1) is 13.2 Å². The van der Waals surface area contributed by atoms with E-state index in [1.54, 1.807) is 0 Å². The normalized spacial score (nSPS) is 20.4. The summed E-state index contributed by atoms with van der Waals surface area (Å²) in [5, 5.41) is 3.63. The van der Waals surface area contributed by atoms with Crippen molar-refractivity contribution >= 4 is 0 Å². The first-order valence-corrected chi connectivity index (χ1v) is 4.14. The van der Waals surface area contributed by atoms with Crippen molar-refractivity contribution in [3.05, 3.63) is 10.4 Å². The molecule has 0 aromatic heterocycles. The van der Waals surface area contributed by atoms with E-state index in [1.165, 1.54) is 0 Å². The Hall–Kier alpha value is -0.770. The molecule has 1 fully saturated rings. The van der Waals surface area contributed by atoms with Crippen molar-refractivity contribution < 1.29 is 9.47 Å². The highest BCUT2D eigenvalue weighted by Gasteiger charge is 2.19. The van der Waals surface area contributed by atoms with Crippen molar-refractivity contribution in [1.82, 2.24) is 0 Å². The lowest BCUT2D eigenvalue weighted by Crippen LogP contribution is -2.15. The van der Waals surface area contributed by atoms with Crippen molar-refractivity contribution in [3.8, 4) is 0 Å². The lowest BCUT2D eigenvalue weighted by atomic mass is 10.2. The van der Waals surface area contributed by atoms with Gasteiger partial charge in [-0.15, -0.1) is 0 Å². The fraction of sp³-hybridized carbons (Fsp3) is 1.00. The SMILES string of the molecule is CC[C@H](CC1OCCO1)N=[N+]=[N-]. The zero-order chi connectivity index (χ0) is 8.81. The fourth-order valence-corrected chi connectivity index (χ4v) is 1.13. The first-order valence-electron chi connectivity index (χ1n) is 4.14. The zero-order valence-corrected chi connectivity index (χ0v) is 7.14. The Labute approximate surface area is 71.3 Å². The van der Waals surface area contributed by atoms with Gasteiger partial charge in [0.1, 0.15) is 0 Å². The molecule has 0 bridgehead atoms. The number of ether oxygens (including phenoxy) is 2. The second kappa shape index (κ2) is 4.98. The predicted molar refractivity (Wildman–Crippen MR) is 43.5 cm³/mol. The van der Waals surface area contributed by atoms with Crippen LogP contribution in [0.2, 0.25) is 0 Å². The minimum atomic E-state index is -0.166. The zero-order valence-electron chi connectivity index (χ0n) is 7.14. The summed E-state index contributed by atoms with van der Waals surface area (Å²) in [4.78, 5) is 2.76. The molecule has 1 atom stereocenters. The van der Waals surface area contributed by atoms with Crippen molar-refractivity contribution in [3.63, 3.8) is 0 Å². The highest BCUT2D eigenvalue weighted by molar-refractivity contribution is 4.68. The molecule has 68 valence electrons. The summed E-state index contributed by atoms with van der Waals surface area (Å²) in [6.45, 7) is 3.28. The van der Waals surface area contributed by atoms with E-state index in [-0.39, 0.29) is 12.3 Å². The van der Waals surface area contributed by atoms with Gasteiger partial charge in [-0.2, -0.15) is 0 Å². The molecule has 1 rings (SSSR count). The molecule has 0 aromatic carbocycles. The van der Waals surface area contributed by atoms with Crippen LogP contribution in [0.25, 0.3) is 10.4 Å². The van der Waals surface area contributed by atoms with Gasteiger partial charge in [0.25, 0.3) is 0 Å². The van der Waals surface area contributed by atoms with Crippen LogP contribution < -0.4 is 0 Å². The third-order valence-corrected chi connectivity index (χ3v) is 1.84. The number of azide groups is 1. The highest BCUT2D eigenvalue weighted by Crippen LogP contribution is 2.14. The Morgan fingerprint density at radius 2 is 2.25 bits per heavy atom. The van der Waals surface area contributed by atoms with E-state index >= 15 is 0 Å². The van der Waals surface area contributed by atoms with Crippen LogP contribution in [0.3, 0.4) is 0 Å². The predicted octanol–water partition coefficient (Wildman–Crippen LogP) is 1.84. The average molecular weight is 171 g/mol. The topological polar surface area (TPSA) is 67.2 Å². The largest absolute Gasteiger partial charge is 0.350 e. The number of hydrogen-bond donors (Lipinski definition) is 0. The van der Waals surface area contributed by atoms with Crippen LogP contribution >= 0.6 is 0 Å². The van der Waals surface area contributed by atoms with E-state index in [0.29, 0.717) is 19.6 Å². The van der Waals surface area contributed by atoms with Crippen LogP contribution in [0.5, 0.6) is 0 Å². The minimum absolute atomic E-state index is 0.00176. The van der Waals surface area contributed by atoms with E-state index < -0.39 is 0 Å². The van der Waals surface area contributed by atoms with Crippen LogP contribution in [-0.4, -0.2) is 25.5 Å². The van der Waals surface area contributed by atoms with Gasteiger partial charge in [0.2, 0.25) is 0 Å². The van der Waals surface area contributed by atoms with Crippen molar-refractivity contribution in [1.29, 1.82) is 0 Å². The Balaban J connectivity index is 2.30. The third kappa shape index (κ3) is 2.70. The summed E-state index contributed by atoms with van der Waals surface area (Å²) in [6, 6.07) is -0.00176. The standard InChI is InChI=1S/C7H13N3O2/c1-2-6(9-10-8)5-7-11-3-4-12-7/h6-7H,2-5H2,1H3/t6-/m1/s1. The summed E-state index contributed by atoms with van der Waals surface area (Å²) in [5.41, 5.74) is 8.22. The molecule has 5 heteroatoms. The van der Waals surface area contributed by atoms with Crippen LogP contribution in [0.4, 0.5) is 0 Å². The molecule has 1 saturated heterocycles. The molecule has 5 nitrogen and oxygen atoms in total. The van der Waals surface area contributed by atoms with E-state index in [2.05, 4.69) is 10.0 Å². The Bertz CT molecular complexity index is 173. The van der Waals surface area contributed by atoms with E-state index in [0.717, 1.165) is 6.42 Å². The molecule has 12 heavy (non-hydrogen) atoms. The maximum Gasteiger partial charge on any atom is 0.158 e. The lowest BCUT2D eigenvalue weighted by molar-refractivity contribution is -0.0506. The van der Waals surface area contributed by atoms with Crippen molar-refractivity contribution in [2.75, 3.05) is 13.2 Å². The lowest BCUT2D eigenvalue weighted by Gasteiger charge is -2.12. The summed E-state index contributed by atoms with van der Waals surface area (Å²) < 4.78 is 10.5. The van der Waals surface area contributed by atoms with Gasteiger partial charge in [-0.05, 0) is 12.0 Å². The maximum atomic E-state index is 8.22. The summed E-state index contributed by atoms with van der Waals surface area (Å²) in [6.07, 6.45) is 1.33. The fourth-order valence-electron chi connectivity index (χ4n) is 1.13. The molecule has 1 aliphatic heterocycles. The molecule has 0 aromatic rings. The molecule has 0 radical (unpaired) electrons.